The van der Waals surface area contributed by atoms with E-state index in [1.54, 1.807) is 18.2 Å². The van der Waals surface area contributed by atoms with E-state index in [-0.39, 0.29) is 41.2 Å². The van der Waals surface area contributed by atoms with Crippen LogP contribution in [0.3, 0.4) is 0 Å². The number of aromatic nitrogens is 2. The van der Waals surface area contributed by atoms with Crippen molar-refractivity contribution in [3.63, 3.8) is 0 Å². The molecule has 0 fully saturated rings. The van der Waals surface area contributed by atoms with E-state index < -0.39 is 35.0 Å². The number of carboxylic acids is 1. The van der Waals surface area contributed by atoms with Crippen LogP contribution in [0.25, 0.3) is 22.6 Å². The summed E-state index contributed by atoms with van der Waals surface area (Å²) < 4.78 is 60.8. The number of hydrogen-bond donors (Lipinski definition) is 2. The fourth-order valence-electron chi connectivity index (χ4n) is 4.20. The maximum absolute atomic E-state index is 15.0. The molecule has 1 amide bonds. The Bertz CT molecular complexity index is 1860. The van der Waals surface area contributed by atoms with Gasteiger partial charge in [-0.25, -0.2) is 9.37 Å². The van der Waals surface area contributed by atoms with Crippen LogP contribution in [0.15, 0.2) is 88.2 Å². The molecule has 0 saturated heterocycles. The average Bonchev–Trinajstić information content (AvgIpc) is 3.34. The van der Waals surface area contributed by atoms with Gasteiger partial charge in [-0.15, -0.1) is 0 Å². The molecule has 0 aliphatic rings. The third-order valence-corrected chi connectivity index (χ3v) is 6.14. The van der Waals surface area contributed by atoms with Crippen molar-refractivity contribution in [1.29, 1.82) is 0 Å². The highest BCUT2D eigenvalue weighted by Crippen LogP contribution is 2.30. The summed E-state index contributed by atoms with van der Waals surface area (Å²) >= 11 is 0. The number of benzene rings is 3. The first-order valence-electron chi connectivity index (χ1n) is 12.1. The van der Waals surface area contributed by atoms with Crippen LogP contribution >= 0.6 is 0 Å². The second-order valence-electron chi connectivity index (χ2n) is 9.09. The van der Waals surface area contributed by atoms with E-state index in [9.17, 15) is 31.9 Å². The molecule has 208 valence electrons. The van der Waals surface area contributed by atoms with Gasteiger partial charge in [0.05, 0.1) is 24.2 Å². The van der Waals surface area contributed by atoms with Crippen LogP contribution in [0, 0.1) is 5.82 Å². The third-order valence-electron chi connectivity index (χ3n) is 6.14. The number of nitrogens with zero attached hydrogens (tertiary/aromatic N) is 2. The van der Waals surface area contributed by atoms with Crippen molar-refractivity contribution in [3.05, 3.63) is 117 Å². The number of carboxylic acid groups (broad SMARTS) is 1. The van der Waals surface area contributed by atoms with E-state index in [1.165, 1.54) is 42.6 Å². The molecule has 2 heterocycles. The van der Waals surface area contributed by atoms with Crippen LogP contribution in [0.4, 0.5) is 23.2 Å². The highest BCUT2D eigenvalue weighted by atomic mass is 19.4. The van der Waals surface area contributed by atoms with Crippen molar-refractivity contribution >= 4 is 28.7 Å². The van der Waals surface area contributed by atoms with Crippen molar-refractivity contribution in [2.24, 2.45) is 0 Å². The van der Waals surface area contributed by atoms with Crippen LogP contribution in [0.2, 0.25) is 0 Å². The number of anilines is 1. The minimum Gasteiger partial charge on any atom is -0.481 e. The summed E-state index contributed by atoms with van der Waals surface area (Å²) in [5.74, 6) is -2.68. The van der Waals surface area contributed by atoms with Gasteiger partial charge in [0.2, 0.25) is 5.89 Å². The molecule has 0 aliphatic heterocycles. The number of pyridine rings is 1. The van der Waals surface area contributed by atoms with Crippen molar-refractivity contribution in [1.82, 2.24) is 9.55 Å². The second kappa shape index (κ2) is 10.7. The Morgan fingerprint density at radius 2 is 1.78 bits per heavy atom. The number of fused-ring (bicyclic) bond motifs is 1. The van der Waals surface area contributed by atoms with Gasteiger partial charge in [0.25, 0.3) is 11.5 Å². The molecule has 12 heteroatoms. The molecule has 0 saturated carbocycles. The van der Waals surface area contributed by atoms with Gasteiger partial charge in [-0.2, -0.15) is 13.2 Å². The van der Waals surface area contributed by atoms with Crippen molar-refractivity contribution in [2.45, 2.75) is 19.1 Å². The highest BCUT2D eigenvalue weighted by Gasteiger charge is 2.30. The molecule has 3 aromatic carbocycles. The lowest BCUT2D eigenvalue weighted by Crippen LogP contribution is -2.29. The van der Waals surface area contributed by atoms with Gasteiger partial charge in [-0.1, -0.05) is 18.2 Å². The molecule has 0 bridgehead atoms. The van der Waals surface area contributed by atoms with Gasteiger partial charge in [-0.05, 0) is 65.7 Å². The van der Waals surface area contributed by atoms with E-state index in [0.717, 1.165) is 22.8 Å². The SMILES string of the molecule is O=C(O)Cc1ccc2oc(-c3ccc(NC(=O)c4cccn(Cc5cccc(C(F)(F)F)c5)c4=O)c(F)c3)nc2c1. The number of nitrogens with one attached hydrogen (secondary N) is 1. The van der Waals surface area contributed by atoms with Crippen LogP contribution in [0.5, 0.6) is 0 Å². The monoisotopic (exact) mass is 565 g/mol. The Labute approximate surface area is 228 Å². The number of aliphatic carboxylic acids is 1. The van der Waals surface area contributed by atoms with Gasteiger partial charge >= 0.3 is 12.1 Å². The average molecular weight is 565 g/mol. The molecule has 2 N–H and O–H groups in total. The zero-order chi connectivity index (χ0) is 29.3. The number of carbonyl (C=O) groups excluding carboxylic acids is 1. The normalized spacial score (nSPS) is 11.5. The summed E-state index contributed by atoms with van der Waals surface area (Å²) in [7, 11) is 0. The highest BCUT2D eigenvalue weighted by molar-refractivity contribution is 6.04. The summed E-state index contributed by atoms with van der Waals surface area (Å²) in [6.07, 6.45) is -3.41. The number of rotatable bonds is 7. The Morgan fingerprint density at radius 1 is 0.976 bits per heavy atom. The van der Waals surface area contributed by atoms with Gasteiger partial charge in [0.1, 0.15) is 16.9 Å². The standard InChI is InChI=1S/C29H19F4N3O5/c30-21-14-18(27-35-23-12-16(13-25(37)38)6-9-24(23)41-27)7-8-22(21)34-26(39)20-5-2-10-36(28(20)40)15-17-3-1-4-19(11-17)29(31,32)33/h1-12,14H,13,15H2,(H,34,39)(H,37,38). The van der Waals surface area contributed by atoms with Gasteiger partial charge < -0.3 is 19.4 Å². The van der Waals surface area contributed by atoms with E-state index in [0.29, 0.717) is 16.7 Å². The van der Waals surface area contributed by atoms with Crippen molar-refractivity contribution < 1.29 is 36.7 Å². The summed E-state index contributed by atoms with van der Waals surface area (Å²) in [4.78, 5) is 41.0. The third kappa shape index (κ3) is 6.01. The molecule has 5 rings (SSSR count). The lowest BCUT2D eigenvalue weighted by Gasteiger charge is -2.11. The van der Waals surface area contributed by atoms with E-state index in [1.807, 2.05) is 0 Å². The maximum Gasteiger partial charge on any atom is 0.416 e. The predicted octanol–water partition coefficient (Wildman–Crippen LogP) is 5.74. The minimum absolute atomic E-state index is 0.0739. The summed E-state index contributed by atoms with van der Waals surface area (Å²) in [6, 6.07) is 15.6. The molecule has 0 radical (unpaired) electrons. The zero-order valence-electron chi connectivity index (χ0n) is 20.9. The number of halogens is 4. The molecule has 0 atom stereocenters. The first-order chi connectivity index (χ1) is 19.5. The van der Waals surface area contributed by atoms with Crippen molar-refractivity contribution in [2.75, 3.05) is 5.32 Å². The number of alkyl halides is 3. The van der Waals surface area contributed by atoms with Gasteiger partial charge in [0.15, 0.2) is 5.58 Å². The Balaban J connectivity index is 1.34. The smallest absolute Gasteiger partial charge is 0.416 e. The first-order valence-corrected chi connectivity index (χ1v) is 12.1. The molecular weight excluding hydrogens is 546 g/mol. The Kier molecular flexibility index (Phi) is 7.14. The number of oxazole rings is 1. The largest absolute Gasteiger partial charge is 0.481 e. The fourth-order valence-corrected chi connectivity index (χ4v) is 4.20. The molecule has 2 aromatic heterocycles. The molecule has 0 aliphatic carbocycles. The molecule has 41 heavy (non-hydrogen) atoms. The molecule has 0 unspecified atom stereocenters. The Hall–Kier alpha value is -5.26. The second-order valence-corrected chi connectivity index (χ2v) is 9.09. The van der Waals surface area contributed by atoms with Crippen molar-refractivity contribution in [3.8, 4) is 11.5 Å². The summed E-state index contributed by atoms with van der Waals surface area (Å²) in [6.45, 7) is -0.213. The van der Waals surface area contributed by atoms with E-state index in [4.69, 9.17) is 9.52 Å². The Morgan fingerprint density at radius 3 is 2.51 bits per heavy atom. The summed E-state index contributed by atoms with van der Waals surface area (Å²) in [5, 5.41) is 11.3. The molecule has 5 aromatic rings. The fraction of sp³-hybridized carbons (Fsp3) is 0.103. The summed E-state index contributed by atoms with van der Waals surface area (Å²) in [5.41, 5.74) is -0.461. The molecule has 8 nitrogen and oxygen atoms in total. The molecular formula is C29H19F4N3O5. The lowest BCUT2D eigenvalue weighted by atomic mass is 10.1. The maximum atomic E-state index is 15.0. The lowest BCUT2D eigenvalue weighted by molar-refractivity contribution is -0.138. The first kappa shape index (κ1) is 27.3. The van der Waals surface area contributed by atoms with Crippen LogP contribution in [0.1, 0.15) is 27.0 Å². The quantitative estimate of drug-likeness (QED) is 0.243. The van der Waals surface area contributed by atoms with Crippen LogP contribution < -0.4 is 10.9 Å². The number of amides is 1. The van der Waals surface area contributed by atoms with Gasteiger partial charge in [-0.3, -0.25) is 14.4 Å². The predicted molar refractivity (Wildman–Crippen MR) is 140 cm³/mol. The molecule has 0 spiro atoms. The topological polar surface area (TPSA) is 114 Å². The van der Waals surface area contributed by atoms with E-state index >= 15 is 0 Å². The van der Waals surface area contributed by atoms with Crippen LogP contribution in [-0.4, -0.2) is 26.5 Å². The minimum atomic E-state index is -4.55. The number of carbonyl (C=O) groups is 2. The van der Waals surface area contributed by atoms with E-state index in [2.05, 4.69) is 10.3 Å². The zero-order valence-corrected chi connectivity index (χ0v) is 20.9. The van der Waals surface area contributed by atoms with Crippen LogP contribution in [-0.2, 0) is 23.9 Å². The number of hydrogen-bond acceptors (Lipinski definition) is 5. The van der Waals surface area contributed by atoms with Gasteiger partial charge in [0, 0.05) is 11.8 Å².